The Hall–Kier alpha value is -0.437. The predicted molar refractivity (Wildman–Crippen MR) is 40.8 cm³/mol. The molecular weight excluding hydrogens is 173 g/mol. The van der Waals surface area contributed by atoms with Crippen molar-refractivity contribution in [1.29, 1.82) is 0 Å². The van der Waals surface area contributed by atoms with Crippen molar-refractivity contribution in [3.05, 3.63) is 23.1 Å². The van der Waals surface area contributed by atoms with E-state index in [1.54, 1.807) is 6.92 Å². The Bertz CT molecular complexity index is 211. The fourth-order valence-electron chi connectivity index (χ4n) is 0.673. The molecule has 0 radical (unpaired) electrons. The van der Waals surface area contributed by atoms with Gasteiger partial charge in [-0.15, -0.1) is 0 Å². The summed E-state index contributed by atoms with van der Waals surface area (Å²) in [7, 11) is 0. The van der Waals surface area contributed by atoms with Gasteiger partial charge in [0.15, 0.2) is 0 Å². The molecule has 0 fully saturated rings. The van der Waals surface area contributed by atoms with E-state index in [2.05, 4.69) is 9.76 Å². The third-order valence-electron chi connectivity index (χ3n) is 1.18. The number of hydrogen-bond donors (Lipinski definition) is 0. The first-order valence-electron chi connectivity index (χ1n) is 2.86. The Morgan fingerprint density at radius 3 is 2.44 bits per heavy atom. The molecule has 1 rings (SSSR count). The summed E-state index contributed by atoms with van der Waals surface area (Å²) < 4.78 is 0.371. The molecule has 1 nitrogen and oxygen atoms in total. The molecule has 46 valence electrons. The van der Waals surface area contributed by atoms with E-state index in [0.717, 1.165) is 0 Å². The predicted octanol–water partition coefficient (Wildman–Crippen LogP) is 0.659. The second kappa shape index (κ2) is 2.92. The van der Waals surface area contributed by atoms with Crippen LogP contribution in [-0.4, -0.2) is 23.4 Å². The molecule has 0 aromatic rings. The molecule has 0 saturated carbocycles. The van der Waals surface area contributed by atoms with E-state index in [-0.39, 0.29) is 0 Å². The quantitative estimate of drug-likeness (QED) is 0.542. The van der Waals surface area contributed by atoms with Crippen molar-refractivity contribution >= 4 is 23.4 Å². The summed E-state index contributed by atoms with van der Waals surface area (Å²) in [5.41, 5.74) is 0. The second-order valence-electron chi connectivity index (χ2n) is 1.92. The first kappa shape index (κ1) is 6.68. The number of hydrogen-bond acceptors (Lipinski definition) is 1. The van der Waals surface area contributed by atoms with Crippen LogP contribution in [0, 0.1) is 0 Å². The Kier molecular flexibility index (Phi) is 2.17. The van der Waals surface area contributed by atoms with Crippen molar-refractivity contribution in [2.75, 3.05) is 0 Å². The van der Waals surface area contributed by atoms with Gasteiger partial charge in [0.2, 0.25) is 0 Å². The maximum absolute atomic E-state index is 10.8. The third kappa shape index (κ3) is 1.75. The Labute approximate surface area is 58.7 Å². The second-order valence-corrected chi connectivity index (χ2v) is 6.71. The molecule has 0 saturated heterocycles. The van der Waals surface area contributed by atoms with Gasteiger partial charge in [0, 0.05) is 0 Å². The molecule has 9 heavy (non-hydrogen) atoms. The van der Waals surface area contributed by atoms with Gasteiger partial charge < -0.3 is 0 Å². The molecular formula is C7H8GeO. The Morgan fingerprint density at radius 2 is 2.11 bits per heavy atom. The first-order valence-corrected chi connectivity index (χ1v) is 6.34. The van der Waals surface area contributed by atoms with Crippen LogP contribution in [-0.2, 0) is 4.79 Å². The third-order valence-corrected chi connectivity index (χ3v) is 5.20. The molecule has 0 amide bonds. The van der Waals surface area contributed by atoms with Gasteiger partial charge in [0.25, 0.3) is 0 Å². The topological polar surface area (TPSA) is 17.1 Å². The monoisotopic (exact) mass is 182 g/mol. The van der Waals surface area contributed by atoms with Gasteiger partial charge in [-0.1, -0.05) is 0 Å². The normalized spacial score (nSPS) is 15.4. The van der Waals surface area contributed by atoms with Crippen LogP contribution >= 0.6 is 0 Å². The van der Waals surface area contributed by atoms with Crippen LogP contribution in [0.5, 0.6) is 0 Å². The fourth-order valence-corrected chi connectivity index (χ4v) is 3.23. The first-order chi connectivity index (χ1) is 4.30. The zero-order chi connectivity index (χ0) is 6.69. The van der Waals surface area contributed by atoms with E-state index >= 15 is 0 Å². The van der Waals surface area contributed by atoms with Crippen LogP contribution < -0.4 is 0 Å². The van der Waals surface area contributed by atoms with Crippen molar-refractivity contribution in [3.8, 4) is 0 Å². The minimum absolute atomic E-state index is 0.371. The van der Waals surface area contributed by atoms with Gasteiger partial charge in [-0.05, 0) is 0 Å². The van der Waals surface area contributed by atoms with Crippen LogP contribution in [0.15, 0.2) is 23.1 Å². The molecule has 1 aliphatic rings. The van der Waals surface area contributed by atoms with E-state index in [9.17, 15) is 4.79 Å². The van der Waals surface area contributed by atoms with E-state index in [1.807, 2.05) is 18.2 Å². The molecule has 0 aromatic carbocycles. The summed E-state index contributed by atoms with van der Waals surface area (Å²) in [4.78, 5) is 14.9. The summed E-state index contributed by atoms with van der Waals surface area (Å²) in [5.74, 6) is 0. The number of carbonyl (C=O) groups is 1. The molecule has 0 atom stereocenters. The van der Waals surface area contributed by atoms with Crippen molar-refractivity contribution in [2.45, 2.75) is 6.92 Å². The average Bonchev–Trinajstić information content (AvgIpc) is 1.90. The minimum atomic E-state index is -1.48. The van der Waals surface area contributed by atoms with E-state index in [4.69, 9.17) is 0 Å². The Morgan fingerprint density at radius 1 is 1.33 bits per heavy atom. The standard InChI is InChI=1S/C7H8GeO/c1-7(9)8-5-3-2-4-6-8/h2-6H,1H3. The molecule has 2 heteroatoms. The van der Waals surface area contributed by atoms with Gasteiger partial charge in [-0.3, -0.25) is 0 Å². The fraction of sp³-hybridized carbons (Fsp3) is 0.143. The zero-order valence-corrected chi connectivity index (χ0v) is 7.39. The molecule has 0 unspecified atom stereocenters. The zero-order valence-electron chi connectivity index (χ0n) is 5.29. The van der Waals surface area contributed by atoms with Gasteiger partial charge in [-0.2, -0.15) is 0 Å². The summed E-state index contributed by atoms with van der Waals surface area (Å²) in [6.45, 7) is 1.68. The molecule has 1 aliphatic heterocycles. The summed E-state index contributed by atoms with van der Waals surface area (Å²) in [6, 6.07) is 0. The van der Waals surface area contributed by atoms with Crippen molar-refractivity contribution in [2.24, 2.45) is 0 Å². The molecule has 0 N–H and O–H groups in total. The van der Waals surface area contributed by atoms with Crippen LogP contribution in [0.4, 0.5) is 0 Å². The number of allylic oxidation sites excluding steroid dienone is 3. The van der Waals surface area contributed by atoms with Gasteiger partial charge in [-0.25, -0.2) is 0 Å². The van der Waals surface area contributed by atoms with Crippen molar-refractivity contribution in [1.82, 2.24) is 0 Å². The van der Waals surface area contributed by atoms with Crippen LogP contribution in [0.25, 0.3) is 0 Å². The molecule has 0 aliphatic carbocycles. The van der Waals surface area contributed by atoms with Crippen LogP contribution in [0.3, 0.4) is 0 Å². The molecule has 0 spiro atoms. The SMILES string of the molecule is C[C](=O)[Ge]1=[CH]C=CC=[CH]1. The average molecular weight is 181 g/mol. The van der Waals surface area contributed by atoms with Gasteiger partial charge in [0.1, 0.15) is 0 Å². The van der Waals surface area contributed by atoms with E-state index < -0.39 is 13.9 Å². The molecule has 1 heterocycles. The van der Waals surface area contributed by atoms with E-state index in [0.29, 0.717) is 4.62 Å². The summed E-state index contributed by atoms with van der Waals surface area (Å²) >= 11 is -1.48. The van der Waals surface area contributed by atoms with Crippen molar-refractivity contribution in [3.63, 3.8) is 0 Å². The van der Waals surface area contributed by atoms with E-state index in [1.165, 1.54) is 0 Å². The van der Waals surface area contributed by atoms with Crippen LogP contribution in [0.2, 0.25) is 0 Å². The number of carbonyl (C=O) groups excluding carboxylic acids is 1. The molecule has 0 bridgehead atoms. The summed E-state index contributed by atoms with van der Waals surface area (Å²) in [5, 5.41) is 0. The Balaban J connectivity index is 2.84. The van der Waals surface area contributed by atoms with Gasteiger partial charge >= 0.3 is 58.2 Å². The van der Waals surface area contributed by atoms with Crippen molar-refractivity contribution < 1.29 is 4.79 Å². The van der Waals surface area contributed by atoms with Gasteiger partial charge in [0.05, 0.1) is 0 Å². The number of rotatable bonds is 1. The molecule has 0 aromatic heterocycles. The summed E-state index contributed by atoms with van der Waals surface area (Å²) in [6.07, 6.45) is 5.90. The van der Waals surface area contributed by atoms with Crippen LogP contribution in [0.1, 0.15) is 6.92 Å². The maximum atomic E-state index is 10.8.